The predicted molar refractivity (Wildman–Crippen MR) is 130 cm³/mol. The van der Waals surface area contributed by atoms with Crippen molar-refractivity contribution in [3.05, 3.63) is 71.3 Å². The minimum atomic E-state index is -0.510. The Kier molecular flexibility index (Phi) is 5.53. The summed E-state index contributed by atoms with van der Waals surface area (Å²) in [6.07, 6.45) is 0. The van der Waals surface area contributed by atoms with Gasteiger partial charge >= 0.3 is 0 Å². The van der Waals surface area contributed by atoms with Gasteiger partial charge in [-0.1, -0.05) is 31.5 Å². The molecule has 0 fully saturated rings. The third kappa shape index (κ3) is 3.90. The van der Waals surface area contributed by atoms with Gasteiger partial charge in [-0.3, -0.25) is 4.57 Å². The van der Waals surface area contributed by atoms with Crippen LogP contribution in [0.1, 0.15) is 13.8 Å². The van der Waals surface area contributed by atoms with Crippen LogP contribution in [0.15, 0.2) is 54.6 Å². The first-order chi connectivity index (χ1) is 16.3. The first kappa shape index (κ1) is 22.0. The highest BCUT2D eigenvalue weighted by Gasteiger charge is 2.21. The summed E-state index contributed by atoms with van der Waals surface area (Å²) in [5.74, 6) is 0.0856. The number of hydrogen-bond donors (Lipinski definition) is 2. The van der Waals surface area contributed by atoms with Crippen LogP contribution in [0, 0.1) is 17.6 Å². The number of aromatic amines is 1. The van der Waals surface area contributed by atoms with Gasteiger partial charge in [0.2, 0.25) is 5.95 Å². The molecule has 0 radical (unpaired) electrons. The summed E-state index contributed by atoms with van der Waals surface area (Å²) in [5, 5.41) is 0.220. The van der Waals surface area contributed by atoms with Crippen molar-refractivity contribution in [3.63, 3.8) is 0 Å². The van der Waals surface area contributed by atoms with E-state index in [1.54, 1.807) is 24.3 Å². The number of imidazole rings is 2. The minimum absolute atomic E-state index is 0.147. The van der Waals surface area contributed by atoms with E-state index in [1.807, 2.05) is 10.6 Å². The van der Waals surface area contributed by atoms with Gasteiger partial charge in [0.15, 0.2) is 5.65 Å². The van der Waals surface area contributed by atoms with Crippen LogP contribution in [0.2, 0.25) is 5.02 Å². The number of nitrogen functional groups attached to an aromatic ring is 1. The average Bonchev–Trinajstić information content (AvgIpc) is 3.35. The second-order valence-electron chi connectivity index (χ2n) is 8.43. The summed E-state index contributed by atoms with van der Waals surface area (Å²) >= 11 is 6.30. The molecule has 0 unspecified atom stereocenters. The van der Waals surface area contributed by atoms with E-state index in [9.17, 15) is 8.78 Å². The number of H-pyrrole nitrogens is 1. The molecule has 0 amide bonds. The number of nitrogens with one attached hydrogen (secondary N) is 1. The third-order valence-corrected chi connectivity index (χ3v) is 5.76. The number of nitrogens with zero attached hydrogens (tertiary/aromatic N) is 4. The van der Waals surface area contributed by atoms with Gasteiger partial charge in [-0.2, -0.15) is 0 Å². The van der Waals surface area contributed by atoms with E-state index in [0.29, 0.717) is 52.2 Å². The zero-order valence-corrected chi connectivity index (χ0v) is 19.2. The number of hydrogen-bond acceptors (Lipinski definition) is 4. The monoisotopic (exact) mass is 478 g/mol. The molecule has 3 aromatic heterocycles. The standard InChI is InChI=1S/C25H21ClF2N6/c1-13(2)12-34-24-19(31-25(34)29)11-10-18(30-24)22-21(14-6-8-15(27)9-7-14)32-23(33-22)20-16(26)4-3-5-17(20)28/h3-11,13H,12H2,1-2H3,(H2,29,31)(H,32,33). The molecule has 2 aromatic carbocycles. The Bertz CT molecular complexity index is 1480. The van der Waals surface area contributed by atoms with Crippen molar-refractivity contribution in [3.8, 4) is 34.0 Å². The fourth-order valence-corrected chi connectivity index (χ4v) is 4.17. The number of nitrogens with two attached hydrogens (primary N) is 1. The molecule has 6 nitrogen and oxygen atoms in total. The van der Waals surface area contributed by atoms with Crippen LogP contribution >= 0.6 is 11.6 Å². The van der Waals surface area contributed by atoms with Gasteiger partial charge in [0.05, 0.1) is 27.7 Å². The molecule has 0 aliphatic heterocycles. The van der Waals surface area contributed by atoms with Crippen LogP contribution in [-0.2, 0) is 6.54 Å². The Hall–Kier alpha value is -3.78. The lowest BCUT2D eigenvalue weighted by molar-refractivity contribution is 0.535. The molecule has 3 heterocycles. The summed E-state index contributed by atoms with van der Waals surface area (Å²) in [5.41, 5.74) is 9.82. The molecule has 0 saturated heterocycles. The molecule has 34 heavy (non-hydrogen) atoms. The first-order valence-electron chi connectivity index (χ1n) is 10.7. The van der Waals surface area contributed by atoms with E-state index < -0.39 is 5.82 Å². The highest BCUT2D eigenvalue weighted by Crippen LogP contribution is 2.36. The Morgan fingerprint density at radius 1 is 1.00 bits per heavy atom. The molecule has 5 rings (SSSR count). The largest absolute Gasteiger partial charge is 0.369 e. The number of rotatable bonds is 5. The van der Waals surface area contributed by atoms with Crippen molar-refractivity contribution < 1.29 is 8.78 Å². The summed E-state index contributed by atoms with van der Waals surface area (Å²) in [4.78, 5) is 17.1. The van der Waals surface area contributed by atoms with Crippen LogP contribution in [0.3, 0.4) is 0 Å². The quantitative estimate of drug-likeness (QED) is 0.309. The van der Waals surface area contributed by atoms with Gasteiger partial charge in [0.1, 0.15) is 23.0 Å². The minimum Gasteiger partial charge on any atom is -0.369 e. The van der Waals surface area contributed by atoms with Crippen LogP contribution in [-0.4, -0.2) is 24.5 Å². The Morgan fingerprint density at radius 2 is 1.76 bits per heavy atom. The van der Waals surface area contributed by atoms with Crippen molar-refractivity contribution in [1.29, 1.82) is 0 Å². The van der Waals surface area contributed by atoms with Crippen molar-refractivity contribution in [2.45, 2.75) is 20.4 Å². The van der Waals surface area contributed by atoms with Crippen LogP contribution in [0.5, 0.6) is 0 Å². The van der Waals surface area contributed by atoms with E-state index >= 15 is 0 Å². The zero-order chi connectivity index (χ0) is 24.0. The number of halogens is 3. The van der Waals surface area contributed by atoms with E-state index in [0.717, 1.165) is 0 Å². The molecule has 5 aromatic rings. The number of benzene rings is 2. The van der Waals surface area contributed by atoms with Crippen LogP contribution in [0.25, 0.3) is 45.2 Å². The van der Waals surface area contributed by atoms with Gasteiger partial charge in [-0.25, -0.2) is 23.7 Å². The second-order valence-corrected chi connectivity index (χ2v) is 8.83. The normalized spacial score (nSPS) is 11.6. The second kappa shape index (κ2) is 8.53. The third-order valence-electron chi connectivity index (χ3n) is 5.45. The number of anilines is 1. The SMILES string of the molecule is CC(C)Cn1c(N)nc2ccc(-c3[nH]c(-c4c(F)cccc4Cl)nc3-c3ccc(F)cc3)nc21. The van der Waals surface area contributed by atoms with Gasteiger partial charge in [-0.05, 0) is 54.4 Å². The average molecular weight is 479 g/mol. The van der Waals surface area contributed by atoms with Crippen molar-refractivity contribution >= 4 is 28.7 Å². The smallest absolute Gasteiger partial charge is 0.202 e. The lowest BCUT2D eigenvalue weighted by atomic mass is 10.1. The first-order valence-corrected chi connectivity index (χ1v) is 11.1. The zero-order valence-electron chi connectivity index (χ0n) is 18.5. The molecule has 9 heteroatoms. The molecule has 0 saturated carbocycles. The number of pyridine rings is 1. The van der Waals surface area contributed by atoms with Gasteiger partial charge in [0.25, 0.3) is 0 Å². The molecular weight excluding hydrogens is 458 g/mol. The van der Waals surface area contributed by atoms with E-state index in [2.05, 4.69) is 28.8 Å². The summed E-state index contributed by atoms with van der Waals surface area (Å²) in [6.45, 7) is 4.82. The fraction of sp³-hybridized carbons (Fsp3) is 0.160. The molecule has 0 spiro atoms. The Morgan fingerprint density at radius 3 is 2.47 bits per heavy atom. The van der Waals surface area contributed by atoms with Crippen molar-refractivity contribution in [2.24, 2.45) is 5.92 Å². The number of fused-ring (bicyclic) bond motifs is 1. The molecule has 0 aliphatic carbocycles. The molecule has 172 valence electrons. The summed E-state index contributed by atoms with van der Waals surface area (Å²) in [6, 6.07) is 14.0. The highest BCUT2D eigenvalue weighted by molar-refractivity contribution is 6.33. The van der Waals surface area contributed by atoms with E-state index in [1.165, 1.54) is 24.3 Å². The van der Waals surface area contributed by atoms with Gasteiger partial charge in [0, 0.05) is 12.1 Å². The Labute approximate surface area is 199 Å². The maximum atomic E-state index is 14.7. The Balaban J connectivity index is 1.74. The summed E-state index contributed by atoms with van der Waals surface area (Å²) in [7, 11) is 0. The van der Waals surface area contributed by atoms with Gasteiger partial charge < -0.3 is 10.7 Å². The molecule has 3 N–H and O–H groups in total. The van der Waals surface area contributed by atoms with Crippen LogP contribution in [0.4, 0.5) is 14.7 Å². The predicted octanol–water partition coefficient (Wildman–Crippen LogP) is 6.33. The lowest BCUT2D eigenvalue weighted by Gasteiger charge is -2.09. The maximum Gasteiger partial charge on any atom is 0.202 e. The molecule has 0 atom stereocenters. The van der Waals surface area contributed by atoms with Crippen molar-refractivity contribution in [1.82, 2.24) is 24.5 Å². The molecule has 0 aliphatic rings. The number of aromatic nitrogens is 5. The van der Waals surface area contributed by atoms with Crippen LogP contribution < -0.4 is 5.73 Å². The lowest BCUT2D eigenvalue weighted by Crippen LogP contribution is -2.08. The molecular formula is C25H21ClF2N6. The maximum absolute atomic E-state index is 14.7. The van der Waals surface area contributed by atoms with Crippen molar-refractivity contribution in [2.75, 3.05) is 5.73 Å². The summed E-state index contributed by atoms with van der Waals surface area (Å²) < 4.78 is 30.2. The van der Waals surface area contributed by atoms with E-state index in [4.69, 9.17) is 22.3 Å². The highest BCUT2D eigenvalue weighted by atomic mass is 35.5. The topological polar surface area (TPSA) is 85.4 Å². The van der Waals surface area contributed by atoms with Gasteiger partial charge in [-0.15, -0.1) is 0 Å². The fourth-order valence-electron chi connectivity index (χ4n) is 3.92. The van der Waals surface area contributed by atoms with E-state index in [-0.39, 0.29) is 22.2 Å². The molecule has 0 bridgehead atoms.